The lowest BCUT2D eigenvalue weighted by Gasteiger charge is -2.16. The lowest BCUT2D eigenvalue weighted by atomic mass is 9.99. The zero-order valence-corrected chi connectivity index (χ0v) is 16.5. The molecular weight excluding hydrogens is 402 g/mol. The predicted octanol–water partition coefficient (Wildman–Crippen LogP) is 2.95. The van der Waals surface area contributed by atoms with Gasteiger partial charge in [0, 0.05) is 23.1 Å². The van der Waals surface area contributed by atoms with Crippen LogP contribution in [0.3, 0.4) is 0 Å². The fraction of sp³-hybridized carbons (Fsp3) is 0.125. The highest BCUT2D eigenvalue weighted by atomic mass is 19.1. The molecule has 5 nitrogen and oxygen atoms in total. The molecule has 7 heteroatoms. The molecule has 3 aromatic rings. The van der Waals surface area contributed by atoms with Gasteiger partial charge in [0.25, 0.3) is 0 Å². The van der Waals surface area contributed by atoms with E-state index in [0.29, 0.717) is 16.7 Å². The molecule has 2 amide bonds. The lowest BCUT2D eigenvalue weighted by molar-refractivity contribution is -0.127. The summed E-state index contributed by atoms with van der Waals surface area (Å²) < 4.78 is 27.5. The van der Waals surface area contributed by atoms with Gasteiger partial charge in [-0.25, -0.2) is 8.78 Å². The Morgan fingerprint density at radius 1 is 0.806 bits per heavy atom. The summed E-state index contributed by atoms with van der Waals surface area (Å²) in [6, 6.07) is 17.6. The fourth-order valence-corrected chi connectivity index (χ4v) is 3.11. The minimum Gasteiger partial charge on any atom is -0.368 e. The first kappa shape index (κ1) is 21.8. The number of primary amides is 1. The van der Waals surface area contributed by atoms with Gasteiger partial charge >= 0.3 is 0 Å². The van der Waals surface area contributed by atoms with E-state index in [1.807, 2.05) is 6.07 Å². The van der Waals surface area contributed by atoms with Crippen LogP contribution in [0.5, 0.6) is 0 Å². The van der Waals surface area contributed by atoms with E-state index in [1.54, 1.807) is 48.5 Å². The summed E-state index contributed by atoms with van der Waals surface area (Å²) in [5.74, 6) is -3.34. The van der Waals surface area contributed by atoms with Crippen molar-refractivity contribution in [2.75, 3.05) is 0 Å². The second kappa shape index (κ2) is 9.75. The van der Waals surface area contributed by atoms with Crippen LogP contribution in [0.25, 0.3) is 0 Å². The second-order valence-electron chi connectivity index (χ2n) is 7.00. The van der Waals surface area contributed by atoms with Crippen molar-refractivity contribution in [1.82, 2.24) is 5.32 Å². The maximum Gasteiger partial charge on any atom is 0.240 e. The molecule has 3 N–H and O–H groups in total. The summed E-state index contributed by atoms with van der Waals surface area (Å²) in [4.78, 5) is 36.5. The molecule has 0 radical (unpaired) electrons. The molecule has 0 bridgehead atoms. The molecule has 0 aliphatic heterocycles. The highest BCUT2D eigenvalue weighted by Crippen LogP contribution is 2.14. The van der Waals surface area contributed by atoms with E-state index >= 15 is 0 Å². The zero-order valence-electron chi connectivity index (χ0n) is 16.5. The Morgan fingerprint density at radius 3 is 1.97 bits per heavy atom. The monoisotopic (exact) mass is 422 g/mol. The van der Waals surface area contributed by atoms with Crippen LogP contribution >= 0.6 is 0 Å². The number of amides is 2. The van der Waals surface area contributed by atoms with Gasteiger partial charge in [0.05, 0.1) is 6.42 Å². The van der Waals surface area contributed by atoms with Crippen LogP contribution in [0.1, 0.15) is 27.0 Å². The van der Waals surface area contributed by atoms with E-state index in [2.05, 4.69) is 5.32 Å². The number of carbonyl (C=O) groups excluding carboxylic acids is 3. The van der Waals surface area contributed by atoms with Crippen molar-refractivity contribution in [1.29, 1.82) is 0 Å². The van der Waals surface area contributed by atoms with Crippen LogP contribution in [0.4, 0.5) is 8.78 Å². The van der Waals surface area contributed by atoms with Crippen LogP contribution in [-0.4, -0.2) is 23.6 Å². The van der Waals surface area contributed by atoms with Gasteiger partial charge in [0.2, 0.25) is 11.8 Å². The topological polar surface area (TPSA) is 89.3 Å². The van der Waals surface area contributed by atoms with Gasteiger partial charge in [-0.2, -0.15) is 0 Å². The van der Waals surface area contributed by atoms with E-state index in [4.69, 9.17) is 5.73 Å². The van der Waals surface area contributed by atoms with E-state index < -0.39 is 35.9 Å². The Morgan fingerprint density at radius 2 is 1.39 bits per heavy atom. The predicted molar refractivity (Wildman–Crippen MR) is 111 cm³/mol. The second-order valence-corrected chi connectivity index (χ2v) is 7.00. The third kappa shape index (κ3) is 5.60. The molecule has 0 unspecified atom stereocenters. The minimum absolute atomic E-state index is 0.0701. The van der Waals surface area contributed by atoms with Crippen molar-refractivity contribution in [2.45, 2.75) is 18.9 Å². The maximum atomic E-state index is 13.7. The van der Waals surface area contributed by atoms with Gasteiger partial charge in [0.1, 0.15) is 17.7 Å². The summed E-state index contributed by atoms with van der Waals surface area (Å²) >= 11 is 0. The number of ketones is 1. The normalized spacial score (nSPS) is 11.5. The third-order valence-corrected chi connectivity index (χ3v) is 4.77. The number of benzene rings is 3. The average molecular weight is 422 g/mol. The molecule has 0 saturated carbocycles. The molecule has 31 heavy (non-hydrogen) atoms. The summed E-state index contributed by atoms with van der Waals surface area (Å²) in [5, 5.41) is 2.42. The van der Waals surface area contributed by atoms with Crippen LogP contribution in [0, 0.1) is 11.6 Å². The number of hydrogen-bond donors (Lipinski definition) is 2. The average Bonchev–Trinajstić information content (AvgIpc) is 2.76. The highest BCUT2D eigenvalue weighted by Gasteiger charge is 2.21. The minimum atomic E-state index is -1.07. The van der Waals surface area contributed by atoms with Gasteiger partial charge in [-0.05, 0) is 17.7 Å². The molecule has 0 aliphatic carbocycles. The molecule has 0 saturated heterocycles. The Bertz CT molecular complexity index is 1080. The summed E-state index contributed by atoms with van der Waals surface area (Å²) in [6.07, 6.45) is -0.493. The number of hydrogen-bond acceptors (Lipinski definition) is 3. The van der Waals surface area contributed by atoms with E-state index in [9.17, 15) is 23.2 Å². The summed E-state index contributed by atoms with van der Waals surface area (Å²) in [6.45, 7) is 0. The smallest absolute Gasteiger partial charge is 0.240 e. The van der Waals surface area contributed by atoms with Crippen LogP contribution < -0.4 is 11.1 Å². The van der Waals surface area contributed by atoms with Gasteiger partial charge in [-0.3, -0.25) is 14.4 Å². The molecule has 0 spiro atoms. The summed E-state index contributed by atoms with van der Waals surface area (Å²) in [5.41, 5.74) is 6.69. The number of nitrogens with one attached hydrogen (secondary N) is 1. The molecular formula is C24H20F2N2O3. The van der Waals surface area contributed by atoms with Crippen molar-refractivity contribution in [3.8, 4) is 0 Å². The maximum absolute atomic E-state index is 13.7. The van der Waals surface area contributed by atoms with Crippen LogP contribution in [-0.2, 0) is 22.4 Å². The van der Waals surface area contributed by atoms with Crippen molar-refractivity contribution < 1.29 is 23.2 Å². The number of rotatable bonds is 8. The molecule has 0 heterocycles. The van der Waals surface area contributed by atoms with E-state index in [-0.39, 0.29) is 17.8 Å². The third-order valence-electron chi connectivity index (χ3n) is 4.77. The first-order chi connectivity index (χ1) is 14.8. The first-order valence-electron chi connectivity index (χ1n) is 9.55. The van der Waals surface area contributed by atoms with Crippen LogP contribution in [0.2, 0.25) is 0 Å². The quantitative estimate of drug-likeness (QED) is 0.547. The Balaban J connectivity index is 1.67. The number of halogens is 2. The Kier molecular flexibility index (Phi) is 6.87. The van der Waals surface area contributed by atoms with Crippen molar-refractivity contribution in [3.05, 3.63) is 107 Å². The van der Waals surface area contributed by atoms with Gasteiger partial charge in [-0.15, -0.1) is 0 Å². The number of nitrogens with two attached hydrogens (primary N) is 1. The molecule has 0 aromatic heterocycles. The molecule has 0 aliphatic rings. The molecule has 0 fully saturated rings. The molecule has 3 aromatic carbocycles. The first-order valence-corrected chi connectivity index (χ1v) is 9.55. The largest absolute Gasteiger partial charge is 0.368 e. The van der Waals surface area contributed by atoms with Crippen molar-refractivity contribution in [3.63, 3.8) is 0 Å². The molecule has 158 valence electrons. The van der Waals surface area contributed by atoms with Crippen molar-refractivity contribution in [2.24, 2.45) is 5.73 Å². The van der Waals surface area contributed by atoms with E-state index in [0.717, 1.165) is 12.1 Å². The molecule has 1 atom stereocenters. The zero-order chi connectivity index (χ0) is 22.4. The van der Waals surface area contributed by atoms with Crippen molar-refractivity contribution >= 4 is 17.6 Å². The fourth-order valence-electron chi connectivity index (χ4n) is 3.11. The standard InChI is InChI=1S/C24H20F2N2O3/c25-19-7-4-8-20(26)18(19)14-22(29)28-21(24(27)31)13-15-9-11-17(12-10-15)23(30)16-5-2-1-3-6-16/h1-12,21H,13-14H2,(H2,27,31)(H,28,29)/t21-/m1/s1. The van der Waals surface area contributed by atoms with Gasteiger partial charge in [0.15, 0.2) is 5.78 Å². The number of carbonyl (C=O) groups is 3. The van der Waals surface area contributed by atoms with Gasteiger partial charge in [-0.1, -0.05) is 60.7 Å². The SMILES string of the molecule is NC(=O)[C@@H](Cc1ccc(C(=O)c2ccccc2)cc1)NC(=O)Cc1c(F)cccc1F. The van der Waals surface area contributed by atoms with Gasteiger partial charge < -0.3 is 11.1 Å². The highest BCUT2D eigenvalue weighted by molar-refractivity contribution is 6.08. The Hall–Kier alpha value is -3.87. The summed E-state index contributed by atoms with van der Waals surface area (Å²) in [7, 11) is 0. The lowest BCUT2D eigenvalue weighted by Crippen LogP contribution is -2.46. The van der Waals surface area contributed by atoms with E-state index in [1.165, 1.54) is 6.07 Å². The molecule has 3 rings (SSSR count). The Labute approximate surface area is 177 Å². The van der Waals surface area contributed by atoms with Crippen LogP contribution in [0.15, 0.2) is 72.8 Å².